The summed E-state index contributed by atoms with van der Waals surface area (Å²) in [6, 6.07) is 17.8. The summed E-state index contributed by atoms with van der Waals surface area (Å²) in [5.74, 6) is 0.602. The number of rotatable bonds is 8. The number of furan rings is 1. The van der Waals surface area contributed by atoms with Crippen LogP contribution in [0, 0.1) is 0 Å². The molecule has 0 aliphatic heterocycles. The van der Waals surface area contributed by atoms with Crippen LogP contribution in [-0.4, -0.2) is 28.5 Å². The van der Waals surface area contributed by atoms with Crippen LogP contribution in [0.25, 0.3) is 33.6 Å². The van der Waals surface area contributed by atoms with Crippen molar-refractivity contribution < 1.29 is 13.9 Å². The van der Waals surface area contributed by atoms with Crippen LogP contribution in [0.5, 0.6) is 0 Å². The summed E-state index contributed by atoms with van der Waals surface area (Å²) in [5, 5.41) is 4.17. The van der Waals surface area contributed by atoms with Gasteiger partial charge in [0.15, 0.2) is 5.16 Å². The zero-order chi connectivity index (χ0) is 26.0. The van der Waals surface area contributed by atoms with Crippen LogP contribution >= 0.6 is 11.8 Å². The van der Waals surface area contributed by atoms with Crippen LogP contribution in [0.4, 0.5) is 4.79 Å². The molecule has 2 aromatic heterocycles. The SMILES string of the molecule is CCCCOC(=O)NC1(c2ccc(-c3oc4nc(SC)n(C)c(=O)c4c3-c3ccccc3)cc2)CCC1. The molecule has 1 aliphatic carbocycles. The fraction of sp³-hybridized carbons (Fsp3) is 0.345. The Balaban J connectivity index is 1.55. The van der Waals surface area contributed by atoms with E-state index in [1.807, 2.05) is 60.9 Å². The molecule has 1 N–H and O–H groups in total. The number of alkyl carbamates (subject to hydrolysis) is 1. The van der Waals surface area contributed by atoms with Gasteiger partial charge >= 0.3 is 6.09 Å². The summed E-state index contributed by atoms with van der Waals surface area (Å²) in [5.41, 5.74) is 3.28. The first-order chi connectivity index (χ1) is 18.0. The molecular weight excluding hydrogens is 486 g/mol. The van der Waals surface area contributed by atoms with Crippen molar-refractivity contribution in [2.75, 3.05) is 12.9 Å². The normalized spacial score (nSPS) is 14.4. The number of hydrogen-bond donors (Lipinski definition) is 1. The summed E-state index contributed by atoms with van der Waals surface area (Å²) in [4.78, 5) is 30.4. The summed E-state index contributed by atoms with van der Waals surface area (Å²) in [6.45, 7) is 2.49. The number of carbonyl (C=O) groups excluding carboxylic acids is 1. The number of ether oxygens (including phenoxy) is 1. The molecule has 37 heavy (non-hydrogen) atoms. The Morgan fingerprint density at radius 2 is 1.86 bits per heavy atom. The summed E-state index contributed by atoms with van der Waals surface area (Å²) in [7, 11) is 1.73. The van der Waals surface area contributed by atoms with Crippen molar-refractivity contribution in [3.63, 3.8) is 0 Å². The smallest absolute Gasteiger partial charge is 0.407 e. The molecule has 8 heteroatoms. The Bertz CT molecular complexity index is 1470. The highest BCUT2D eigenvalue weighted by Gasteiger charge is 2.40. The van der Waals surface area contributed by atoms with Gasteiger partial charge in [-0.15, -0.1) is 0 Å². The molecule has 5 rings (SSSR count). The molecule has 192 valence electrons. The summed E-state index contributed by atoms with van der Waals surface area (Å²) >= 11 is 1.40. The van der Waals surface area contributed by atoms with Crippen molar-refractivity contribution in [3.8, 4) is 22.5 Å². The van der Waals surface area contributed by atoms with E-state index < -0.39 is 5.54 Å². The number of nitrogens with zero attached hydrogens (tertiary/aromatic N) is 2. The van der Waals surface area contributed by atoms with Gasteiger partial charge in [0.05, 0.1) is 12.1 Å². The van der Waals surface area contributed by atoms with E-state index in [2.05, 4.69) is 17.2 Å². The number of benzene rings is 2. The Morgan fingerprint density at radius 3 is 2.49 bits per heavy atom. The molecule has 0 unspecified atom stereocenters. The second-order valence-electron chi connectivity index (χ2n) is 9.44. The number of nitrogens with one attached hydrogen (secondary N) is 1. The standard InChI is InChI=1S/C29H31N3O4S/c1-4-5-18-35-28(34)31-29(16-9-17-29)21-14-12-20(13-15-21)24-22(19-10-7-6-8-11-19)23-25(36-24)30-27(37-3)32(2)26(23)33/h6-8,10-15H,4-5,9,16-18H2,1-3H3,(H,31,34). The molecule has 1 fully saturated rings. The molecule has 0 radical (unpaired) electrons. The average molecular weight is 518 g/mol. The van der Waals surface area contributed by atoms with Crippen molar-refractivity contribution in [1.29, 1.82) is 0 Å². The third kappa shape index (κ3) is 4.66. The van der Waals surface area contributed by atoms with Crippen LogP contribution in [-0.2, 0) is 17.3 Å². The van der Waals surface area contributed by atoms with E-state index in [4.69, 9.17) is 9.15 Å². The van der Waals surface area contributed by atoms with Gasteiger partial charge in [-0.05, 0) is 43.1 Å². The molecule has 2 aromatic carbocycles. The van der Waals surface area contributed by atoms with Crippen LogP contribution in [0.3, 0.4) is 0 Å². The van der Waals surface area contributed by atoms with E-state index in [1.165, 1.54) is 11.8 Å². The quantitative estimate of drug-likeness (QED) is 0.163. The number of hydrogen-bond acceptors (Lipinski definition) is 6. The maximum absolute atomic E-state index is 13.4. The fourth-order valence-electron chi connectivity index (χ4n) is 4.88. The first-order valence-electron chi connectivity index (χ1n) is 12.7. The van der Waals surface area contributed by atoms with E-state index in [1.54, 1.807) is 11.6 Å². The third-order valence-electron chi connectivity index (χ3n) is 7.12. The number of aromatic nitrogens is 2. The fourth-order valence-corrected chi connectivity index (χ4v) is 5.41. The minimum atomic E-state index is -0.414. The van der Waals surface area contributed by atoms with Gasteiger partial charge in [-0.25, -0.2) is 4.79 Å². The van der Waals surface area contributed by atoms with Crippen molar-refractivity contribution in [2.24, 2.45) is 7.05 Å². The number of carbonyl (C=O) groups is 1. The average Bonchev–Trinajstić information content (AvgIpc) is 3.29. The number of thioether (sulfide) groups is 1. The molecule has 1 saturated carbocycles. The predicted molar refractivity (Wildman–Crippen MR) is 147 cm³/mol. The molecule has 1 amide bonds. The van der Waals surface area contributed by atoms with Crippen LogP contribution < -0.4 is 10.9 Å². The van der Waals surface area contributed by atoms with Crippen molar-refractivity contribution in [3.05, 3.63) is 70.5 Å². The highest BCUT2D eigenvalue weighted by Crippen LogP contribution is 2.43. The van der Waals surface area contributed by atoms with Crippen LogP contribution in [0.15, 0.2) is 69.0 Å². The molecule has 0 spiro atoms. The van der Waals surface area contributed by atoms with Crippen molar-refractivity contribution >= 4 is 29.0 Å². The Kier molecular flexibility index (Phi) is 7.11. The maximum atomic E-state index is 13.4. The zero-order valence-corrected chi connectivity index (χ0v) is 22.2. The van der Waals surface area contributed by atoms with Gasteiger partial charge < -0.3 is 14.5 Å². The first kappa shape index (κ1) is 25.1. The van der Waals surface area contributed by atoms with Crippen LogP contribution in [0.1, 0.15) is 44.6 Å². The molecule has 0 saturated heterocycles. The summed E-state index contributed by atoms with van der Waals surface area (Å²) < 4.78 is 13.2. The largest absolute Gasteiger partial charge is 0.450 e. The zero-order valence-electron chi connectivity index (χ0n) is 21.4. The first-order valence-corrected chi connectivity index (χ1v) is 13.9. The lowest BCUT2D eigenvalue weighted by Gasteiger charge is -2.42. The van der Waals surface area contributed by atoms with Gasteiger partial charge in [0.2, 0.25) is 5.71 Å². The highest BCUT2D eigenvalue weighted by molar-refractivity contribution is 7.98. The topological polar surface area (TPSA) is 86.4 Å². The lowest BCUT2D eigenvalue weighted by atomic mass is 9.71. The van der Waals surface area contributed by atoms with Gasteiger partial charge in [0.1, 0.15) is 11.1 Å². The monoisotopic (exact) mass is 517 g/mol. The van der Waals surface area contributed by atoms with E-state index in [0.29, 0.717) is 28.6 Å². The Morgan fingerprint density at radius 1 is 1.14 bits per heavy atom. The molecule has 2 heterocycles. The lowest BCUT2D eigenvalue weighted by molar-refractivity contribution is 0.110. The van der Waals surface area contributed by atoms with Gasteiger partial charge in [0.25, 0.3) is 5.56 Å². The molecule has 1 aliphatic rings. The molecule has 0 atom stereocenters. The minimum absolute atomic E-state index is 0.140. The lowest BCUT2D eigenvalue weighted by Crippen LogP contribution is -2.51. The Labute approximate surface area is 220 Å². The minimum Gasteiger partial charge on any atom is -0.450 e. The maximum Gasteiger partial charge on any atom is 0.407 e. The number of unbranched alkanes of at least 4 members (excludes halogenated alkanes) is 1. The molecule has 0 bridgehead atoms. The highest BCUT2D eigenvalue weighted by atomic mass is 32.2. The van der Waals surface area contributed by atoms with E-state index in [9.17, 15) is 9.59 Å². The van der Waals surface area contributed by atoms with Gasteiger partial charge in [-0.1, -0.05) is 79.7 Å². The van der Waals surface area contributed by atoms with Gasteiger partial charge in [-0.3, -0.25) is 9.36 Å². The van der Waals surface area contributed by atoms with Crippen molar-refractivity contribution in [2.45, 2.75) is 49.7 Å². The van der Waals surface area contributed by atoms with E-state index in [0.717, 1.165) is 54.4 Å². The molecular formula is C29H31N3O4S. The van der Waals surface area contributed by atoms with Crippen LogP contribution in [0.2, 0.25) is 0 Å². The Hall–Kier alpha value is -3.52. The predicted octanol–water partition coefficient (Wildman–Crippen LogP) is 6.49. The molecule has 7 nitrogen and oxygen atoms in total. The van der Waals surface area contributed by atoms with Gasteiger partial charge in [-0.2, -0.15) is 4.98 Å². The summed E-state index contributed by atoms with van der Waals surface area (Å²) in [6.07, 6.45) is 6.13. The van der Waals surface area contributed by atoms with Gasteiger partial charge in [0, 0.05) is 18.2 Å². The van der Waals surface area contributed by atoms with E-state index >= 15 is 0 Å². The van der Waals surface area contributed by atoms with E-state index in [-0.39, 0.29) is 11.7 Å². The second-order valence-corrected chi connectivity index (χ2v) is 10.2. The number of fused-ring (bicyclic) bond motifs is 1. The third-order valence-corrected chi connectivity index (χ3v) is 7.85. The number of amides is 1. The second kappa shape index (κ2) is 10.5. The van der Waals surface area contributed by atoms with Crippen molar-refractivity contribution in [1.82, 2.24) is 14.9 Å². The molecule has 4 aromatic rings.